The maximum atomic E-state index is 12.7. The van der Waals surface area contributed by atoms with Gasteiger partial charge in [-0.15, -0.1) is 23.1 Å². The summed E-state index contributed by atoms with van der Waals surface area (Å²) >= 11 is 6.86. The van der Waals surface area contributed by atoms with Gasteiger partial charge in [-0.3, -0.25) is 0 Å². The zero-order valence-electron chi connectivity index (χ0n) is 14.8. The van der Waals surface area contributed by atoms with Gasteiger partial charge >= 0.3 is 5.51 Å². The summed E-state index contributed by atoms with van der Waals surface area (Å²) in [6.45, 7) is 2.11. The van der Waals surface area contributed by atoms with Crippen LogP contribution in [0.2, 0.25) is 0 Å². The van der Waals surface area contributed by atoms with E-state index in [0.29, 0.717) is 11.0 Å². The highest BCUT2D eigenvalue weighted by molar-refractivity contribution is 9.10. The quantitative estimate of drug-likeness (QED) is 0.263. The number of fused-ring (bicyclic) bond motifs is 2. The van der Waals surface area contributed by atoms with E-state index in [0.717, 1.165) is 20.8 Å². The van der Waals surface area contributed by atoms with E-state index < -0.39 is 5.51 Å². The highest BCUT2D eigenvalue weighted by atomic mass is 79.9. The SMILES string of the molecule is CCSc1c(-c2cc3cc(SC(F)(F)F)cnc3n2C)sc2cc(Br)ccc12. The lowest BCUT2D eigenvalue weighted by atomic mass is 10.2. The molecule has 0 radical (unpaired) electrons. The summed E-state index contributed by atoms with van der Waals surface area (Å²) in [4.78, 5) is 6.70. The molecule has 0 aliphatic rings. The molecule has 146 valence electrons. The lowest BCUT2D eigenvalue weighted by molar-refractivity contribution is -0.0328. The van der Waals surface area contributed by atoms with Crippen molar-refractivity contribution in [3.05, 3.63) is 41.0 Å². The summed E-state index contributed by atoms with van der Waals surface area (Å²) in [6, 6.07) is 9.73. The summed E-state index contributed by atoms with van der Waals surface area (Å²) < 4.78 is 42.3. The number of pyridine rings is 1. The van der Waals surface area contributed by atoms with Crippen LogP contribution >= 0.6 is 50.8 Å². The number of hydrogen-bond acceptors (Lipinski definition) is 4. The molecule has 3 heterocycles. The van der Waals surface area contributed by atoms with Crippen LogP contribution in [0.3, 0.4) is 0 Å². The number of aryl methyl sites for hydroxylation is 1. The normalized spacial score (nSPS) is 12.4. The number of halogens is 4. The highest BCUT2D eigenvalue weighted by Gasteiger charge is 2.29. The van der Waals surface area contributed by atoms with Crippen molar-refractivity contribution in [2.24, 2.45) is 7.05 Å². The van der Waals surface area contributed by atoms with Crippen LogP contribution < -0.4 is 0 Å². The van der Waals surface area contributed by atoms with Crippen LogP contribution in [0.5, 0.6) is 0 Å². The van der Waals surface area contributed by atoms with E-state index in [2.05, 4.69) is 40.0 Å². The minimum Gasteiger partial charge on any atom is -0.328 e. The molecule has 0 aliphatic carbocycles. The summed E-state index contributed by atoms with van der Waals surface area (Å²) in [5, 5.41) is 1.90. The van der Waals surface area contributed by atoms with Crippen molar-refractivity contribution < 1.29 is 13.2 Å². The maximum absolute atomic E-state index is 12.7. The van der Waals surface area contributed by atoms with E-state index in [1.54, 1.807) is 29.2 Å². The van der Waals surface area contributed by atoms with E-state index >= 15 is 0 Å². The predicted octanol–water partition coefficient (Wildman–Crippen LogP) is 7.94. The molecule has 0 bridgehead atoms. The van der Waals surface area contributed by atoms with Crippen molar-refractivity contribution in [3.63, 3.8) is 0 Å². The van der Waals surface area contributed by atoms with Crippen LogP contribution in [0.1, 0.15) is 6.92 Å². The fourth-order valence-corrected chi connectivity index (χ4v) is 6.59. The molecule has 0 saturated heterocycles. The van der Waals surface area contributed by atoms with E-state index in [1.807, 2.05) is 23.7 Å². The first kappa shape index (κ1) is 20.1. The van der Waals surface area contributed by atoms with Gasteiger partial charge in [0.25, 0.3) is 0 Å². The Morgan fingerprint density at radius 3 is 2.71 bits per heavy atom. The van der Waals surface area contributed by atoms with Crippen LogP contribution in [0.4, 0.5) is 13.2 Å². The molecule has 4 rings (SSSR count). The maximum Gasteiger partial charge on any atom is 0.446 e. The Hall–Kier alpha value is -1.16. The third-order valence-corrected chi connectivity index (χ3v) is 7.69. The topological polar surface area (TPSA) is 17.8 Å². The Balaban J connectivity index is 1.89. The van der Waals surface area contributed by atoms with Gasteiger partial charge in [0.2, 0.25) is 0 Å². The molecule has 0 atom stereocenters. The number of alkyl halides is 3. The first-order valence-corrected chi connectivity index (χ1v) is 11.7. The Morgan fingerprint density at radius 2 is 2.00 bits per heavy atom. The Kier molecular flexibility index (Phi) is 5.45. The van der Waals surface area contributed by atoms with Crippen LogP contribution in [0, 0.1) is 0 Å². The monoisotopic (exact) mass is 502 g/mol. The van der Waals surface area contributed by atoms with Crippen molar-refractivity contribution in [2.75, 3.05) is 5.75 Å². The van der Waals surface area contributed by atoms with Crippen molar-refractivity contribution in [3.8, 4) is 10.6 Å². The number of benzene rings is 1. The minimum atomic E-state index is -4.32. The minimum absolute atomic E-state index is 0.0978. The zero-order chi connectivity index (χ0) is 20.1. The third-order valence-electron chi connectivity index (χ3n) is 4.20. The fourth-order valence-electron chi connectivity index (χ4n) is 3.11. The second kappa shape index (κ2) is 7.59. The molecule has 0 saturated carbocycles. The number of nitrogens with zero attached hydrogens (tertiary/aromatic N) is 2. The number of hydrogen-bond donors (Lipinski definition) is 0. The van der Waals surface area contributed by atoms with Gasteiger partial charge in [0.15, 0.2) is 0 Å². The smallest absolute Gasteiger partial charge is 0.328 e. The van der Waals surface area contributed by atoms with Crippen LogP contribution in [0.25, 0.3) is 31.7 Å². The molecule has 0 amide bonds. The molecule has 28 heavy (non-hydrogen) atoms. The van der Waals surface area contributed by atoms with Gasteiger partial charge in [0.1, 0.15) is 5.65 Å². The lowest BCUT2D eigenvalue weighted by Crippen LogP contribution is -1.99. The van der Waals surface area contributed by atoms with E-state index in [1.165, 1.54) is 21.2 Å². The zero-order valence-corrected chi connectivity index (χ0v) is 18.8. The summed E-state index contributed by atoms with van der Waals surface area (Å²) in [5.74, 6) is 0.934. The summed E-state index contributed by atoms with van der Waals surface area (Å²) in [7, 11) is 1.90. The molecule has 0 N–H and O–H groups in total. The van der Waals surface area contributed by atoms with Crippen LogP contribution in [0.15, 0.2) is 50.8 Å². The van der Waals surface area contributed by atoms with Crippen molar-refractivity contribution in [1.82, 2.24) is 9.55 Å². The van der Waals surface area contributed by atoms with Crippen molar-refractivity contribution >= 4 is 71.9 Å². The van der Waals surface area contributed by atoms with E-state index in [-0.39, 0.29) is 16.7 Å². The Labute approximate surface area is 180 Å². The van der Waals surface area contributed by atoms with Crippen LogP contribution in [-0.4, -0.2) is 20.8 Å². The van der Waals surface area contributed by atoms with Gasteiger partial charge in [-0.05, 0) is 41.8 Å². The number of aromatic nitrogens is 2. The molecule has 2 nitrogen and oxygen atoms in total. The molecule has 0 unspecified atom stereocenters. The van der Waals surface area contributed by atoms with Gasteiger partial charge in [0, 0.05) is 43.0 Å². The van der Waals surface area contributed by atoms with Gasteiger partial charge < -0.3 is 4.57 Å². The number of thioether (sulfide) groups is 2. The van der Waals surface area contributed by atoms with Gasteiger partial charge in [0.05, 0.1) is 10.6 Å². The largest absolute Gasteiger partial charge is 0.446 e. The molecule has 0 aliphatic heterocycles. The molecule has 0 fully saturated rings. The molecule has 1 aromatic carbocycles. The Morgan fingerprint density at radius 1 is 1.21 bits per heavy atom. The van der Waals surface area contributed by atoms with E-state index in [4.69, 9.17) is 0 Å². The highest BCUT2D eigenvalue weighted by Crippen LogP contribution is 2.46. The van der Waals surface area contributed by atoms with Gasteiger partial charge in [-0.1, -0.05) is 28.9 Å². The predicted molar refractivity (Wildman–Crippen MR) is 118 cm³/mol. The average Bonchev–Trinajstić information content (AvgIpc) is 3.11. The second-order valence-corrected chi connectivity index (χ2v) is 10.4. The first-order valence-electron chi connectivity index (χ1n) is 8.33. The van der Waals surface area contributed by atoms with Gasteiger partial charge in [-0.2, -0.15) is 13.2 Å². The molecule has 0 spiro atoms. The van der Waals surface area contributed by atoms with Crippen LogP contribution in [-0.2, 0) is 7.05 Å². The van der Waals surface area contributed by atoms with Crippen molar-refractivity contribution in [1.29, 1.82) is 0 Å². The van der Waals surface area contributed by atoms with Gasteiger partial charge in [-0.25, -0.2) is 4.98 Å². The lowest BCUT2D eigenvalue weighted by Gasteiger charge is -2.06. The number of rotatable bonds is 4. The van der Waals surface area contributed by atoms with Crippen molar-refractivity contribution in [2.45, 2.75) is 22.2 Å². The number of thiophene rings is 1. The Bertz CT molecular complexity index is 1180. The standard InChI is InChI=1S/C19H14BrF3N2S3/c1-3-26-16-13-5-4-11(20)8-15(13)27-17(16)14-7-10-6-12(28-19(21,22)23)9-24-18(10)25(14)2/h4-9H,3H2,1-2H3. The fraction of sp³-hybridized carbons (Fsp3) is 0.211. The first-order chi connectivity index (χ1) is 13.3. The molecular formula is C19H14BrF3N2S3. The third kappa shape index (κ3) is 3.81. The molecule has 4 aromatic rings. The van der Waals surface area contributed by atoms with E-state index in [9.17, 15) is 13.2 Å². The second-order valence-electron chi connectivity index (χ2n) is 6.05. The molecule has 9 heteroatoms. The molecular weight excluding hydrogens is 489 g/mol. The molecule has 3 aromatic heterocycles. The average molecular weight is 503 g/mol. The summed E-state index contributed by atoms with van der Waals surface area (Å²) in [5.41, 5.74) is -2.69. The summed E-state index contributed by atoms with van der Waals surface area (Å²) in [6.07, 6.45) is 1.29.